The second-order valence-electron chi connectivity index (χ2n) is 8.52. The van der Waals surface area contributed by atoms with Crippen molar-refractivity contribution in [3.05, 3.63) is 0 Å². The van der Waals surface area contributed by atoms with E-state index >= 15 is 0 Å². The molecule has 0 heterocycles. The van der Waals surface area contributed by atoms with Crippen LogP contribution in [0.5, 0.6) is 0 Å². The van der Waals surface area contributed by atoms with Gasteiger partial charge in [0.05, 0.1) is 12.5 Å². The van der Waals surface area contributed by atoms with E-state index in [0.29, 0.717) is 12.2 Å². The van der Waals surface area contributed by atoms with Gasteiger partial charge in [-0.15, -0.1) is 0 Å². The minimum atomic E-state index is -1.20. The first-order valence-corrected chi connectivity index (χ1v) is 12.4. The molecule has 0 spiro atoms. The summed E-state index contributed by atoms with van der Waals surface area (Å²) in [6, 6.07) is -4.27. The Bertz CT molecular complexity index is 690. The van der Waals surface area contributed by atoms with E-state index in [9.17, 15) is 29.1 Å². The van der Waals surface area contributed by atoms with Crippen LogP contribution in [0.2, 0.25) is 0 Å². The third kappa shape index (κ3) is 11.9. The molecule has 0 saturated heterocycles. The van der Waals surface area contributed by atoms with E-state index in [1.807, 2.05) is 27.0 Å². The number of carbonyl (C=O) groups excluding carboxylic acids is 4. The molecule has 12 heteroatoms. The van der Waals surface area contributed by atoms with E-state index in [4.69, 9.17) is 11.5 Å². The quantitative estimate of drug-likeness (QED) is 0.168. The second-order valence-corrected chi connectivity index (χ2v) is 9.51. The van der Waals surface area contributed by atoms with Crippen molar-refractivity contribution < 1.29 is 29.1 Å². The number of nitrogens with one attached hydrogen (secondary N) is 3. The fourth-order valence-electron chi connectivity index (χ4n) is 3.00. The van der Waals surface area contributed by atoms with Crippen LogP contribution in [0.25, 0.3) is 0 Å². The van der Waals surface area contributed by atoms with Gasteiger partial charge in [-0.2, -0.15) is 11.8 Å². The normalized spacial score (nSPS) is 15.6. The number of hydrogen-bond acceptors (Lipinski definition) is 7. The van der Waals surface area contributed by atoms with Gasteiger partial charge in [-0.3, -0.25) is 19.2 Å². The predicted molar refractivity (Wildman–Crippen MR) is 127 cm³/mol. The lowest BCUT2D eigenvalue weighted by atomic mass is 9.96. The molecule has 5 unspecified atom stereocenters. The molecule has 8 N–H and O–H groups in total. The van der Waals surface area contributed by atoms with Crippen molar-refractivity contribution in [2.75, 3.05) is 12.0 Å². The fourth-order valence-corrected chi connectivity index (χ4v) is 3.47. The third-order valence-corrected chi connectivity index (χ3v) is 5.76. The molecule has 190 valence electrons. The first kappa shape index (κ1) is 30.7. The molecule has 0 aliphatic carbocycles. The lowest BCUT2D eigenvalue weighted by Crippen LogP contribution is -2.59. The van der Waals surface area contributed by atoms with Crippen LogP contribution in [0.15, 0.2) is 0 Å². The summed E-state index contributed by atoms with van der Waals surface area (Å²) in [6.45, 7) is 7.30. The maximum absolute atomic E-state index is 13.0. The molecule has 0 aromatic rings. The third-order valence-electron chi connectivity index (χ3n) is 5.12. The molecule has 0 aromatic heterocycles. The minimum Gasteiger partial charge on any atom is -0.480 e. The van der Waals surface area contributed by atoms with Crippen LogP contribution in [-0.2, 0) is 24.0 Å². The molecule has 0 aliphatic rings. The van der Waals surface area contributed by atoms with Crippen LogP contribution in [0.4, 0.5) is 0 Å². The topological polar surface area (TPSA) is 194 Å². The second kappa shape index (κ2) is 15.5. The summed E-state index contributed by atoms with van der Waals surface area (Å²) in [7, 11) is 0. The molecule has 0 aromatic carbocycles. The molecular formula is C21H39N5O6S. The standard InChI is InChI=1S/C21H39N5O6S/c1-6-12(4)17(20(30)25-15(21(31)32)9-11(2)3)26-19(29)14(7-8-33-5)24-18(28)13(22)10-16(23)27/h11-15,17H,6-10,22H2,1-5H3,(H2,23,27)(H,24,28)(H,25,30)(H,26,29)(H,31,32). The Balaban J connectivity index is 5.52. The van der Waals surface area contributed by atoms with E-state index in [0.717, 1.165) is 0 Å². The number of rotatable bonds is 16. The van der Waals surface area contributed by atoms with Crippen molar-refractivity contribution in [2.45, 2.75) is 77.5 Å². The maximum Gasteiger partial charge on any atom is 0.326 e. The summed E-state index contributed by atoms with van der Waals surface area (Å²) in [5.41, 5.74) is 10.7. The van der Waals surface area contributed by atoms with Gasteiger partial charge in [-0.05, 0) is 36.7 Å². The van der Waals surface area contributed by atoms with E-state index in [1.54, 1.807) is 6.92 Å². The highest BCUT2D eigenvalue weighted by Gasteiger charge is 2.32. The number of carbonyl (C=O) groups is 5. The van der Waals surface area contributed by atoms with Crippen LogP contribution >= 0.6 is 11.8 Å². The fraction of sp³-hybridized carbons (Fsp3) is 0.762. The highest BCUT2D eigenvalue weighted by molar-refractivity contribution is 7.98. The summed E-state index contributed by atoms with van der Waals surface area (Å²) in [4.78, 5) is 60.8. The van der Waals surface area contributed by atoms with Crippen LogP contribution in [-0.4, -0.2) is 70.9 Å². The first-order valence-electron chi connectivity index (χ1n) is 11.0. The molecule has 4 amide bonds. The first-order chi connectivity index (χ1) is 15.3. The van der Waals surface area contributed by atoms with Gasteiger partial charge in [0, 0.05) is 0 Å². The van der Waals surface area contributed by atoms with Crippen LogP contribution in [0.1, 0.15) is 53.4 Å². The zero-order chi connectivity index (χ0) is 25.7. The summed E-state index contributed by atoms with van der Waals surface area (Å²) in [6.07, 6.45) is 2.53. The maximum atomic E-state index is 13.0. The van der Waals surface area contributed by atoms with Gasteiger partial charge in [0.15, 0.2) is 0 Å². The van der Waals surface area contributed by atoms with E-state index in [1.165, 1.54) is 11.8 Å². The number of carboxylic acid groups (broad SMARTS) is 1. The van der Waals surface area contributed by atoms with Crippen molar-refractivity contribution in [3.8, 4) is 0 Å². The summed E-state index contributed by atoms with van der Waals surface area (Å²) < 4.78 is 0. The number of primary amides is 1. The summed E-state index contributed by atoms with van der Waals surface area (Å²) in [5.74, 6) is -3.52. The summed E-state index contributed by atoms with van der Waals surface area (Å²) >= 11 is 1.47. The highest BCUT2D eigenvalue weighted by Crippen LogP contribution is 2.12. The van der Waals surface area contributed by atoms with Crippen molar-refractivity contribution in [3.63, 3.8) is 0 Å². The van der Waals surface area contributed by atoms with Crippen molar-refractivity contribution >= 4 is 41.4 Å². The Morgan fingerprint density at radius 2 is 1.52 bits per heavy atom. The Morgan fingerprint density at radius 3 is 1.97 bits per heavy atom. The molecule has 33 heavy (non-hydrogen) atoms. The van der Waals surface area contributed by atoms with Gasteiger partial charge >= 0.3 is 5.97 Å². The monoisotopic (exact) mass is 489 g/mol. The van der Waals surface area contributed by atoms with Crippen molar-refractivity contribution in [1.29, 1.82) is 0 Å². The molecule has 11 nitrogen and oxygen atoms in total. The molecule has 5 atom stereocenters. The SMILES string of the molecule is CCC(C)C(NC(=O)C(CCSC)NC(=O)C(N)CC(N)=O)C(=O)NC(CC(C)C)C(=O)O. The average molecular weight is 490 g/mol. The van der Waals surface area contributed by atoms with Crippen molar-refractivity contribution in [1.82, 2.24) is 16.0 Å². The number of hydrogen-bond donors (Lipinski definition) is 6. The van der Waals surface area contributed by atoms with E-state index in [2.05, 4.69) is 16.0 Å². The Kier molecular flexibility index (Phi) is 14.4. The zero-order valence-electron chi connectivity index (χ0n) is 20.1. The smallest absolute Gasteiger partial charge is 0.326 e. The molecule has 0 aliphatic heterocycles. The van der Waals surface area contributed by atoms with Crippen LogP contribution < -0.4 is 27.4 Å². The molecule has 0 radical (unpaired) electrons. The van der Waals surface area contributed by atoms with Crippen molar-refractivity contribution in [2.24, 2.45) is 23.3 Å². The molecule has 0 rings (SSSR count). The number of nitrogens with two attached hydrogens (primary N) is 2. The van der Waals surface area contributed by atoms with Gasteiger partial charge in [-0.25, -0.2) is 4.79 Å². The van der Waals surface area contributed by atoms with Gasteiger partial charge < -0.3 is 32.5 Å². The number of thioether (sulfide) groups is 1. The molecule has 0 fully saturated rings. The van der Waals surface area contributed by atoms with Crippen LogP contribution in [0.3, 0.4) is 0 Å². The molecule has 0 bridgehead atoms. The van der Waals surface area contributed by atoms with Gasteiger partial charge in [-0.1, -0.05) is 34.1 Å². The lowest BCUT2D eigenvalue weighted by molar-refractivity contribution is -0.143. The number of amides is 4. The largest absolute Gasteiger partial charge is 0.480 e. The van der Waals surface area contributed by atoms with E-state index < -0.39 is 53.8 Å². The van der Waals surface area contributed by atoms with Gasteiger partial charge in [0.2, 0.25) is 23.6 Å². The Labute approximate surface area is 199 Å². The molecular weight excluding hydrogens is 450 g/mol. The summed E-state index contributed by atoms with van der Waals surface area (Å²) in [5, 5.41) is 17.1. The number of aliphatic carboxylic acids is 1. The average Bonchev–Trinajstić information content (AvgIpc) is 2.72. The lowest BCUT2D eigenvalue weighted by Gasteiger charge is -2.28. The zero-order valence-corrected chi connectivity index (χ0v) is 20.9. The minimum absolute atomic E-state index is 0.0405. The predicted octanol–water partition coefficient (Wildman–Crippen LogP) is -0.427. The number of carboxylic acids is 1. The highest BCUT2D eigenvalue weighted by atomic mass is 32.2. The van der Waals surface area contributed by atoms with Gasteiger partial charge in [0.25, 0.3) is 0 Å². The Hall–Kier alpha value is -2.34. The van der Waals surface area contributed by atoms with Gasteiger partial charge in [0.1, 0.15) is 18.1 Å². The van der Waals surface area contributed by atoms with Crippen LogP contribution in [0, 0.1) is 11.8 Å². The van der Waals surface area contributed by atoms with E-state index in [-0.39, 0.29) is 31.1 Å². The molecule has 0 saturated carbocycles. The Morgan fingerprint density at radius 1 is 0.939 bits per heavy atom.